The molecule has 1 unspecified atom stereocenters. The molecule has 31 heavy (non-hydrogen) atoms. The number of anilines is 1. The zero-order valence-electron chi connectivity index (χ0n) is 16.9. The smallest absolute Gasteiger partial charge is 0.300 e. The Labute approximate surface area is 187 Å². The summed E-state index contributed by atoms with van der Waals surface area (Å²) in [6, 6.07) is 17.1. The Bertz CT molecular complexity index is 1220. The number of benzene rings is 3. The van der Waals surface area contributed by atoms with E-state index in [0.717, 1.165) is 15.6 Å². The van der Waals surface area contributed by atoms with Crippen molar-refractivity contribution in [2.75, 3.05) is 4.90 Å². The molecule has 0 aromatic heterocycles. The van der Waals surface area contributed by atoms with E-state index in [9.17, 15) is 19.1 Å². The maximum atomic E-state index is 13.6. The summed E-state index contributed by atoms with van der Waals surface area (Å²) in [4.78, 5) is 27.5. The minimum atomic E-state index is -0.882. The van der Waals surface area contributed by atoms with Crippen LogP contribution >= 0.6 is 15.9 Å². The van der Waals surface area contributed by atoms with E-state index in [4.69, 9.17) is 0 Å². The van der Waals surface area contributed by atoms with E-state index in [1.165, 1.54) is 29.2 Å². The van der Waals surface area contributed by atoms with E-state index < -0.39 is 23.5 Å². The molecule has 1 saturated heterocycles. The van der Waals surface area contributed by atoms with Crippen molar-refractivity contribution in [2.24, 2.45) is 0 Å². The van der Waals surface area contributed by atoms with E-state index in [0.29, 0.717) is 16.8 Å². The van der Waals surface area contributed by atoms with Crippen LogP contribution in [0.15, 0.2) is 76.8 Å². The molecule has 0 spiro atoms. The molecule has 0 aliphatic carbocycles. The average Bonchev–Trinajstić information content (AvgIpc) is 3.01. The highest BCUT2D eigenvalue weighted by Gasteiger charge is 2.46. The van der Waals surface area contributed by atoms with E-state index in [1.807, 2.05) is 26.0 Å². The first-order valence-corrected chi connectivity index (χ1v) is 10.5. The molecule has 0 saturated carbocycles. The van der Waals surface area contributed by atoms with Gasteiger partial charge in [-0.1, -0.05) is 51.8 Å². The number of Topliss-reactive ketones (excluding diaryl/α,β-unsaturated/α-hetero) is 1. The van der Waals surface area contributed by atoms with Gasteiger partial charge >= 0.3 is 0 Å². The van der Waals surface area contributed by atoms with Crippen LogP contribution in [0.2, 0.25) is 0 Å². The Morgan fingerprint density at radius 2 is 1.61 bits per heavy atom. The van der Waals surface area contributed by atoms with Gasteiger partial charge in [0.1, 0.15) is 11.6 Å². The van der Waals surface area contributed by atoms with Crippen molar-refractivity contribution in [1.29, 1.82) is 0 Å². The molecule has 1 atom stereocenters. The second kappa shape index (κ2) is 8.12. The molecule has 1 aliphatic rings. The Morgan fingerprint density at radius 1 is 0.968 bits per heavy atom. The maximum absolute atomic E-state index is 13.6. The van der Waals surface area contributed by atoms with E-state index in [-0.39, 0.29) is 11.3 Å². The first-order valence-electron chi connectivity index (χ1n) is 9.67. The van der Waals surface area contributed by atoms with Crippen LogP contribution in [0.3, 0.4) is 0 Å². The van der Waals surface area contributed by atoms with Gasteiger partial charge in [0.2, 0.25) is 0 Å². The van der Waals surface area contributed by atoms with Crippen LogP contribution in [0, 0.1) is 19.7 Å². The fourth-order valence-electron chi connectivity index (χ4n) is 3.71. The number of aliphatic hydroxyl groups is 1. The maximum Gasteiger partial charge on any atom is 0.300 e. The van der Waals surface area contributed by atoms with Gasteiger partial charge < -0.3 is 5.11 Å². The Morgan fingerprint density at radius 3 is 2.23 bits per heavy atom. The lowest BCUT2D eigenvalue weighted by molar-refractivity contribution is -0.132. The van der Waals surface area contributed by atoms with Crippen LogP contribution in [0.5, 0.6) is 0 Å². The minimum absolute atomic E-state index is 0.0288. The number of carbonyl (C=O) groups excluding carboxylic acids is 2. The summed E-state index contributed by atoms with van der Waals surface area (Å²) < 4.78 is 14.4. The number of nitrogens with zero attached hydrogens (tertiary/aromatic N) is 1. The molecule has 0 radical (unpaired) electrons. The molecule has 1 N–H and O–H groups in total. The Kier molecular flexibility index (Phi) is 5.50. The fourth-order valence-corrected chi connectivity index (χ4v) is 3.96. The van der Waals surface area contributed by atoms with E-state index in [1.54, 1.807) is 30.3 Å². The first kappa shape index (κ1) is 21.0. The molecule has 6 heteroatoms. The van der Waals surface area contributed by atoms with Gasteiger partial charge in [-0.3, -0.25) is 14.5 Å². The van der Waals surface area contributed by atoms with Crippen molar-refractivity contribution in [3.63, 3.8) is 0 Å². The van der Waals surface area contributed by atoms with Crippen molar-refractivity contribution >= 4 is 39.1 Å². The zero-order chi connectivity index (χ0) is 22.3. The lowest BCUT2D eigenvalue weighted by atomic mass is 9.94. The number of hydrogen-bond donors (Lipinski definition) is 1. The fraction of sp³-hybridized carbons (Fsp3) is 0.120. The van der Waals surface area contributed by atoms with Crippen LogP contribution in [0.4, 0.5) is 10.1 Å². The summed E-state index contributed by atoms with van der Waals surface area (Å²) >= 11 is 3.42. The summed E-state index contributed by atoms with van der Waals surface area (Å²) in [5.41, 5.74) is 3.32. The molecule has 1 amide bonds. The third kappa shape index (κ3) is 3.79. The lowest BCUT2D eigenvalue weighted by Crippen LogP contribution is -2.29. The van der Waals surface area contributed by atoms with Gasteiger partial charge in [0.25, 0.3) is 11.7 Å². The summed E-state index contributed by atoms with van der Waals surface area (Å²) in [7, 11) is 0. The Hall–Kier alpha value is -3.25. The topological polar surface area (TPSA) is 57.6 Å². The summed E-state index contributed by atoms with van der Waals surface area (Å²) in [5, 5.41) is 11.1. The third-order valence-electron chi connectivity index (χ3n) is 5.37. The standard InChI is InChI=1S/C25H19BrFNO3/c1-14-3-10-19(11-4-14)28-22(16-5-8-18(27)9-6-16)21(24(30)25(28)31)23(29)17-7-12-20(26)15(2)13-17/h3-13,22,29H,1-2H3/b23-21-. The van der Waals surface area contributed by atoms with Crippen LogP contribution in [0.1, 0.15) is 28.3 Å². The van der Waals surface area contributed by atoms with Crippen molar-refractivity contribution in [3.8, 4) is 0 Å². The zero-order valence-corrected chi connectivity index (χ0v) is 18.5. The van der Waals surface area contributed by atoms with Gasteiger partial charge in [-0.05, 0) is 61.4 Å². The van der Waals surface area contributed by atoms with Crippen LogP contribution in [0.25, 0.3) is 5.76 Å². The van der Waals surface area contributed by atoms with Gasteiger partial charge in [0.15, 0.2) is 0 Å². The third-order valence-corrected chi connectivity index (χ3v) is 6.26. The van der Waals surface area contributed by atoms with Gasteiger partial charge in [0, 0.05) is 15.7 Å². The molecular formula is C25H19BrFNO3. The minimum Gasteiger partial charge on any atom is -0.507 e. The average molecular weight is 480 g/mol. The quantitative estimate of drug-likeness (QED) is 0.292. The number of ketones is 1. The molecular weight excluding hydrogens is 461 g/mol. The largest absolute Gasteiger partial charge is 0.507 e. The number of amides is 1. The molecule has 1 heterocycles. The molecule has 4 rings (SSSR count). The molecule has 1 fully saturated rings. The molecule has 4 nitrogen and oxygen atoms in total. The first-order chi connectivity index (χ1) is 14.8. The number of aryl methyl sites for hydroxylation is 2. The van der Waals surface area contributed by atoms with E-state index >= 15 is 0 Å². The number of halogens is 2. The predicted octanol–water partition coefficient (Wildman–Crippen LogP) is 5.83. The van der Waals surface area contributed by atoms with Crippen LogP contribution in [-0.2, 0) is 9.59 Å². The summed E-state index contributed by atoms with van der Waals surface area (Å²) in [6.45, 7) is 3.79. The molecule has 0 bridgehead atoms. The normalized spacial score (nSPS) is 17.9. The molecule has 3 aromatic carbocycles. The highest BCUT2D eigenvalue weighted by atomic mass is 79.9. The number of hydrogen-bond acceptors (Lipinski definition) is 3. The molecule has 3 aromatic rings. The van der Waals surface area contributed by atoms with Crippen molar-refractivity contribution in [3.05, 3.63) is 105 Å². The highest BCUT2D eigenvalue weighted by molar-refractivity contribution is 9.10. The van der Waals surface area contributed by atoms with Crippen molar-refractivity contribution in [1.82, 2.24) is 0 Å². The molecule has 156 valence electrons. The van der Waals surface area contributed by atoms with Gasteiger partial charge in [-0.2, -0.15) is 0 Å². The number of aliphatic hydroxyl groups excluding tert-OH is 1. The Balaban J connectivity index is 1.94. The summed E-state index contributed by atoms with van der Waals surface area (Å²) in [5.74, 6) is -2.22. The predicted molar refractivity (Wildman–Crippen MR) is 121 cm³/mol. The SMILES string of the molecule is Cc1ccc(N2C(=O)C(=O)/C(=C(\O)c3ccc(Br)c(C)c3)C2c2ccc(F)cc2)cc1. The second-order valence-electron chi connectivity index (χ2n) is 7.52. The number of carbonyl (C=O) groups is 2. The van der Waals surface area contributed by atoms with Crippen molar-refractivity contribution < 1.29 is 19.1 Å². The van der Waals surface area contributed by atoms with E-state index in [2.05, 4.69) is 15.9 Å². The second-order valence-corrected chi connectivity index (χ2v) is 8.37. The van der Waals surface area contributed by atoms with Crippen LogP contribution < -0.4 is 4.90 Å². The number of rotatable bonds is 3. The molecule has 1 aliphatic heterocycles. The van der Waals surface area contributed by atoms with Gasteiger partial charge in [-0.15, -0.1) is 0 Å². The highest BCUT2D eigenvalue weighted by Crippen LogP contribution is 2.42. The lowest BCUT2D eigenvalue weighted by Gasteiger charge is -2.25. The van der Waals surface area contributed by atoms with Crippen molar-refractivity contribution in [2.45, 2.75) is 19.9 Å². The van der Waals surface area contributed by atoms with Crippen LogP contribution in [-0.4, -0.2) is 16.8 Å². The monoisotopic (exact) mass is 479 g/mol. The summed E-state index contributed by atoms with van der Waals surface area (Å²) in [6.07, 6.45) is 0. The van der Waals surface area contributed by atoms with Gasteiger partial charge in [0.05, 0.1) is 11.6 Å². The van der Waals surface area contributed by atoms with Gasteiger partial charge in [-0.25, -0.2) is 4.39 Å².